The van der Waals surface area contributed by atoms with Crippen LogP contribution in [-0.4, -0.2) is 52.2 Å². The first-order chi connectivity index (χ1) is 11.3. The second kappa shape index (κ2) is 7.32. The summed E-state index contributed by atoms with van der Waals surface area (Å²) < 4.78 is 98.3. The Morgan fingerprint density at radius 2 is 1.72 bits per heavy atom. The molecule has 25 heavy (non-hydrogen) atoms. The predicted octanol–water partition coefficient (Wildman–Crippen LogP) is 1.59. The van der Waals surface area contributed by atoms with Gasteiger partial charge in [0.25, 0.3) is 6.10 Å². The molecule has 0 aliphatic carbocycles. The van der Waals surface area contributed by atoms with Gasteiger partial charge in [-0.05, 0) is 11.6 Å². The number of halogens is 5. The lowest BCUT2D eigenvalue weighted by Gasteiger charge is -2.26. The topological polar surface area (TPSA) is 80.7 Å². The number of alkyl halides is 5. The van der Waals surface area contributed by atoms with Crippen LogP contribution in [0.4, 0.5) is 22.0 Å². The van der Waals surface area contributed by atoms with Crippen molar-refractivity contribution in [1.29, 1.82) is 0 Å². The van der Waals surface area contributed by atoms with Gasteiger partial charge in [-0.25, -0.2) is 4.79 Å². The van der Waals surface area contributed by atoms with Crippen LogP contribution in [0.2, 0.25) is 0 Å². The summed E-state index contributed by atoms with van der Waals surface area (Å²) in [6, 6.07) is 3.54. The summed E-state index contributed by atoms with van der Waals surface area (Å²) in [6.07, 6.45) is -10.9. The summed E-state index contributed by atoms with van der Waals surface area (Å²) in [5.74, 6) is -1.90. The monoisotopic (exact) mass is 382 g/mol. The van der Waals surface area contributed by atoms with E-state index in [-0.39, 0.29) is 23.8 Å². The first-order valence-corrected chi connectivity index (χ1v) is 7.84. The lowest BCUT2D eigenvalue weighted by atomic mass is 9.84. The number of rotatable bonds is 6. The number of ether oxygens (including phenoxy) is 1. The second-order valence-electron chi connectivity index (χ2n) is 4.72. The van der Waals surface area contributed by atoms with E-state index >= 15 is 0 Å². The minimum Gasteiger partial charge on any atom is -0.441 e. The van der Waals surface area contributed by atoms with Crippen LogP contribution in [-0.2, 0) is 27.5 Å². The molecule has 4 radical (unpaired) electrons. The molecule has 0 amide bonds. The van der Waals surface area contributed by atoms with E-state index in [9.17, 15) is 35.2 Å². The molecule has 0 aliphatic rings. The fourth-order valence-corrected chi connectivity index (χ4v) is 2.34. The van der Waals surface area contributed by atoms with E-state index in [0.29, 0.717) is 0 Å². The number of esters is 1. The molecule has 1 rings (SSSR count). The van der Waals surface area contributed by atoms with E-state index in [1.807, 2.05) is 0 Å². The summed E-state index contributed by atoms with van der Waals surface area (Å²) in [7, 11) is 4.22. The normalized spacial score (nSPS) is 14.2. The summed E-state index contributed by atoms with van der Waals surface area (Å²) in [4.78, 5) is 11.9. The zero-order valence-electron chi connectivity index (χ0n) is 12.3. The van der Waals surface area contributed by atoms with Crippen molar-refractivity contribution in [2.24, 2.45) is 0 Å². The van der Waals surface area contributed by atoms with Crippen LogP contribution in [0.25, 0.3) is 0 Å². The number of carbonyl (C=O) groups excluding carboxylic acids is 1. The average Bonchev–Trinajstić information content (AvgIpc) is 2.48. The van der Waals surface area contributed by atoms with Crippen LogP contribution in [0.3, 0.4) is 0 Å². The molecule has 0 spiro atoms. The molecule has 134 valence electrons. The third kappa shape index (κ3) is 4.51. The smallest absolute Gasteiger partial charge is 0.432 e. The van der Waals surface area contributed by atoms with E-state index in [1.54, 1.807) is 0 Å². The number of benzene rings is 1. The fraction of sp³-hybridized carbons (Fsp3) is 0.417. The minimum atomic E-state index is -6.52. The van der Waals surface area contributed by atoms with Crippen molar-refractivity contribution in [2.75, 3.05) is 0 Å². The van der Waals surface area contributed by atoms with E-state index < -0.39 is 39.2 Å². The quantitative estimate of drug-likeness (QED) is 0.350. The van der Waals surface area contributed by atoms with Gasteiger partial charge >= 0.3 is 27.5 Å². The minimum absolute atomic E-state index is 0.0499. The SMILES string of the molecule is [B]Cc1cccc(C(=O)OC(C(F)(F)F)C(F)(F)S(=O)(=O)O)c1C[B]. The molecule has 0 aromatic heterocycles. The van der Waals surface area contributed by atoms with Crippen LogP contribution < -0.4 is 0 Å². The molecule has 1 N–H and O–H groups in total. The maximum atomic E-state index is 13.4. The highest BCUT2D eigenvalue weighted by atomic mass is 32.2. The molecular formula is C12H9B2F5O5S. The first-order valence-electron chi connectivity index (χ1n) is 6.40. The largest absolute Gasteiger partial charge is 0.441 e. The van der Waals surface area contributed by atoms with Gasteiger partial charge in [-0.3, -0.25) is 4.55 Å². The molecule has 0 fully saturated rings. The Hall–Kier alpha value is -1.62. The molecule has 1 unspecified atom stereocenters. The first kappa shape index (κ1) is 21.4. The van der Waals surface area contributed by atoms with Crippen molar-refractivity contribution < 1.29 is 44.5 Å². The van der Waals surface area contributed by atoms with Crippen molar-refractivity contribution in [1.82, 2.24) is 0 Å². The van der Waals surface area contributed by atoms with Gasteiger partial charge in [0.15, 0.2) is 0 Å². The Labute approximate surface area is 142 Å². The van der Waals surface area contributed by atoms with Crippen molar-refractivity contribution in [3.8, 4) is 0 Å². The number of carbonyl (C=O) groups is 1. The third-order valence-corrected chi connectivity index (χ3v) is 3.99. The van der Waals surface area contributed by atoms with Gasteiger partial charge in [0.2, 0.25) is 0 Å². The van der Waals surface area contributed by atoms with Crippen LogP contribution >= 0.6 is 0 Å². The molecule has 1 atom stereocenters. The molecular weight excluding hydrogens is 373 g/mol. The molecule has 5 nitrogen and oxygen atoms in total. The van der Waals surface area contributed by atoms with Gasteiger partial charge in [0.05, 0.1) is 21.3 Å². The van der Waals surface area contributed by atoms with E-state index in [1.165, 1.54) is 12.1 Å². The van der Waals surface area contributed by atoms with E-state index in [2.05, 4.69) is 4.74 Å². The van der Waals surface area contributed by atoms with Crippen LogP contribution in [0, 0.1) is 0 Å². The van der Waals surface area contributed by atoms with Gasteiger partial charge in [-0.2, -0.15) is 30.4 Å². The molecule has 1 aromatic rings. The summed E-state index contributed by atoms with van der Waals surface area (Å²) in [5.41, 5.74) is -0.390. The molecule has 1 aromatic carbocycles. The van der Waals surface area contributed by atoms with Crippen molar-refractivity contribution >= 4 is 31.8 Å². The van der Waals surface area contributed by atoms with Gasteiger partial charge < -0.3 is 4.74 Å². The maximum Gasteiger partial charge on any atom is 0.432 e. The van der Waals surface area contributed by atoms with Gasteiger partial charge in [-0.1, -0.05) is 30.3 Å². The summed E-state index contributed by atoms with van der Waals surface area (Å²) in [5, 5.41) is -5.81. The standard InChI is InChI=1S/C12H9B2F5O5S/c13-4-6-2-1-3-7(8(6)5-14)9(20)24-10(11(15,16)17)12(18,19)25(21,22)23/h1-3,10H,4-5H2,(H,21,22,23). The zero-order chi connectivity index (χ0) is 19.6. The number of hydrogen-bond acceptors (Lipinski definition) is 4. The predicted molar refractivity (Wildman–Crippen MR) is 77.1 cm³/mol. The van der Waals surface area contributed by atoms with Crippen molar-refractivity contribution in [3.63, 3.8) is 0 Å². The summed E-state index contributed by atoms with van der Waals surface area (Å²) in [6.45, 7) is 0. The van der Waals surface area contributed by atoms with Crippen LogP contribution in [0.1, 0.15) is 21.5 Å². The Morgan fingerprint density at radius 1 is 1.16 bits per heavy atom. The van der Waals surface area contributed by atoms with Crippen molar-refractivity contribution in [2.45, 2.75) is 30.2 Å². The molecule has 0 heterocycles. The van der Waals surface area contributed by atoms with Gasteiger partial charge in [-0.15, -0.1) is 0 Å². The molecule has 0 bridgehead atoms. The Balaban J connectivity index is 3.35. The number of hydrogen-bond donors (Lipinski definition) is 1. The third-order valence-electron chi connectivity index (χ3n) is 3.09. The fourth-order valence-electron chi connectivity index (χ4n) is 1.89. The Kier molecular flexibility index (Phi) is 6.27. The molecule has 0 saturated heterocycles. The molecule has 13 heteroatoms. The average molecular weight is 382 g/mol. The van der Waals surface area contributed by atoms with Crippen molar-refractivity contribution in [3.05, 3.63) is 34.9 Å². The highest BCUT2D eigenvalue weighted by Crippen LogP contribution is 2.38. The highest BCUT2D eigenvalue weighted by molar-refractivity contribution is 7.86. The van der Waals surface area contributed by atoms with Gasteiger partial charge in [0, 0.05) is 0 Å². The van der Waals surface area contributed by atoms with Crippen LogP contribution in [0.5, 0.6) is 0 Å². The van der Waals surface area contributed by atoms with E-state index in [0.717, 1.165) is 6.07 Å². The Morgan fingerprint density at radius 3 is 2.12 bits per heavy atom. The lowest BCUT2D eigenvalue weighted by molar-refractivity contribution is -0.248. The molecule has 0 aliphatic heterocycles. The zero-order valence-corrected chi connectivity index (χ0v) is 13.1. The lowest BCUT2D eigenvalue weighted by Crippen LogP contribution is -2.52. The van der Waals surface area contributed by atoms with E-state index in [4.69, 9.17) is 20.2 Å². The van der Waals surface area contributed by atoms with Crippen LogP contribution in [0.15, 0.2) is 18.2 Å². The molecule has 0 saturated carbocycles. The highest BCUT2D eigenvalue weighted by Gasteiger charge is 2.66. The Bertz CT molecular complexity index is 751. The van der Waals surface area contributed by atoms with Gasteiger partial charge in [0.1, 0.15) is 0 Å². The maximum absolute atomic E-state index is 13.4. The second-order valence-corrected chi connectivity index (χ2v) is 6.21. The summed E-state index contributed by atoms with van der Waals surface area (Å²) >= 11 is 0.